The van der Waals surface area contributed by atoms with Gasteiger partial charge in [0.15, 0.2) is 5.78 Å². The Kier molecular flexibility index (Phi) is 18.2. The number of halogens is 10. The van der Waals surface area contributed by atoms with E-state index in [9.17, 15) is 73.3 Å². The van der Waals surface area contributed by atoms with Crippen molar-refractivity contribution in [2.45, 2.75) is 68.0 Å². The lowest BCUT2D eigenvalue weighted by atomic mass is 9.83. The second-order valence-corrected chi connectivity index (χ2v) is 16.2. The van der Waals surface area contributed by atoms with Crippen LogP contribution in [0.4, 0.5) is 55.3 Å². The molecule has 12 nitrogen and oxygen atoms in total. The van der Waals surface area contributed by atoms with Crippen LogP contribution >= 0.6 is 0 Å². The van der Waals surface area contributed by atoms with Crippen molar-refractivity contribution in [3.63, 3.8) is 0 Å². The minimum atomic E-state index is -5.67. The average molecular weight is 1030 g/mol. The average Bonchev–Trinajstić information content (AvgIpc) is 3.32. The van der Waals surface area contributed by atoms with Gasteiger partial charge in [0.05, 0.1) is 30.3 Å². The minimum Gasteiger partial charge on any atom is -0.494 e. The highest BCUT2D eigenvalue weighted by atomic mass is 19.4. The molecule has 22 heteroatoms. The number of aliphatic hydroxyl groups is 2. The largest absolute Gasteiger partial charge is 0.494 e. The van der Waals surface area contributed by atoms with E-state index in [4.69, 9.17) is 30.4 Å². The molecular weight excluding hydrogens is 991 g/mol. The van der Waals surface area contributed by atoms with Gasteiger partial charge >= 0.3 is 36.1 Å². The van der Waals surface area contributed by atoms with Gasteiger partial charge in [-0.2, -0.15) is 43.9 Å². The van der Waals surface area contributed by atoms with Crippen LogP contribution in [0.2, 0.25) is 0 Å². The van der Waals surface area contributed by atoms with Gasteiger partial charge in [0.2, 0.25) is 11.6 Å². The molecule has 0 saturated carbocycles. The number of esters is 2. The van der Waals surface area contributed by atoms with E-state index in [-0.39, 0.29) is 51.1 Å². The van der Waals surface area contributed by atoms with Gasteiger partial charge in [0.1, 0.15) is 23.0 Å². The first-order chi connectivity index (χ1) is 34.1. The number of hydrogen-bond acceptors (Lipinski definition) is 12. The fourth-order valence-corrected chi connectivity index (χ4v) is 6.57. The zero-order chi connectivity index (χ0) is 53.8. The van der Waals surface area contributed by atoms with E-state index >= 15 is 0 Å². The molecule has 1 unspecified atom stereocenters. The Labute approximate surface area is 409 Å². The molecule has 0 saturated heterocycles. The van der Waals surface area contributed by atoms with Gasteiger partial charge in [-0.3, -0.25) is 9.59 Å². The van der Waals surface area contributed by atoms with Crippen molar-refractivity contribution in [3.8, 4) is 23.0 Å². The lowest BCUT2D eigenvalue weighted by Crippen LogP contribution is -2.44. The molecule has 0 heterocycles. The third kappa shape index (κ3) is 16.1. The Morgan fingerprint density at radius 1 is 0.521 bits per heavy atom. The zero-order valence-corrected chi connectivity index (χ0v) is 37.9. The van der Waals surface area contributed by atoms with Crippen molar-refractivity contribution in [2.75, 3.05) is 24.7 Å². The van der Waals surface area contributed by atoms with Crippen molar-refractivity contribution in [1.29, 1.82) is 0 Å². The van der Waals surface area contributed by atoms with Crippen molar-refractivity contribution in [2.24, 2.45) is 0 Å². The van der Waals surface area contributed by atoms with Gasteiger partial charge < -0.3 is 40.6 Å². The SMILES string of the molecule is Nc1cc(N)cc(C(CC(=O)/C=C/c2ccc(C(=O)Oc3ccc(OCCCC(F)(F)C(F)(F)F)cc3)cc2)C(O)(O)C(=O)/C=C/c2ccc(C(=O)Oc3ccc(OCCCC(F)(F)C(F)(F)F)cc3)cc2)c1. The maximum Gasteiger partial charge on any atom is 0.453 e. The molecule has 5 rings (SSSR count). The van der Waals surface area contributed by atoms with Gasteiger partial charge in [-0.05, 0) is 133 Å². The number of benzene rings is 5. The molecule has 0 aliphatic rings. The third-order valence-electron chi connectivity index (χ3n) is 10.5. The molecule has 6 N–H and O–H groups in total. The van der Waals surface area contributed by atoms with Gasteiger partial charge in [-0.1, -0.05) is 36.4 Å². The summed E-state index contributed by atoms with van der Waals surface area (Å²) >= 11 is 0. The summed E-state index contributed by atoms with van der Waals surface area (Å²) < 4.78 is 147. The number of carbonyl (C=O) groups is 4. The van der Waals surface area contributed by atoms with E-state index < -0.39 is 105 Å². The predicted octanol–water partition coefficient (Wildman–Crippen LogP) is 10.7. The molecule has 0 aliphatic heterocycles. The molecular formula is C51H44F10N2O10. The van der Waals surface area contributed by atoms with Crippen LogP contribution in [0.3, 0.4) is 0 Å². The zero-order valence-electron chi connectivity index (χ0n) is 37.9. The first-order valence-electron chi connectivity index (χ1n) is 21.7. The second-order valence-electron chi connectivity index (χ2n) is 16.2. The van der Waals surface area contributed by atoms with Crippen LogP contribution < -0.4 is 30.4 Å². The summed E-state index contributed by atoms with van der Waals surface area (Å²) in [4.78, 5) is 52.3. The van der Waals surface area contributed by atoms with E-state index in [1.54, 1.807) is 0 Å². The Morgan fingerprint density at radius 2 is 0.890 bits per heavy atom. The molecule has 1 atom stereocenters. The summed E-state index contributed by atoms with van der Waals surface area (Å²) in [6.07, 6.45) is -11.5. The van der Waals surface area contributed by atoms with Gasteiger partial charge in [-0.15, -0.1) is 0 Å². The standard InChI is InChI=1S/C51H44F10N2O10/c52-47(53,50(56,57)58)23-1-25-70-39-14-18-41(19-15-39)72-45(66)33-9-3-31(4-10-33)7-13-38(64)30-43(35-27-36(62)29-37(63)28-35)49(68,69)44(65)22-8-32-5-11-34(12-6-32)46(67)73-42-20-16-40(17-21-42)71-26-2-24-48(54,55)51(59,60)61/h3-22,27-29,43,68-69H,1-2,23-26,30,62-63H2/b13-7+,22-8+. The lowest BCUT2D eigenvalue weighted by molar-refractivity contribution is -0.284. The number of nitrogens with two attached hydrogens (primary N) is 2. The predicted molar refractivity (Wildman–Crippen MR) is 245 cm³/mol. The highest BCUT2D eigenvalue weighted by Gasteiger charge is 2.57. The number of hydrogen-bond donors (Lipinski definition) is 4. The van der Waals surface area contributed by atoms with Gasteiger partial charge in [0.25, 0.3) is 0 Å². The number of alkyl halides is 10. The smallest absolute Gasteiger partial charge is 0.453 e. The van der Waals surface area contributed by atoms with Crippen LogP contribution in [-0.2, 0) is 9.59 Å². The first-order valence-corrected chi connectivity index (χ1v) is 21.7. The number of ketones is 2. The quantitative estimate of drug-likeness (QED) is 0.00920. The fourth-order valence-electron chi connectivity index (χ4n) is 6.57. The maximum absolute atomic E-state index is 13.4. The number of allylic oxidation sites excluding steroid dienone is 1. The molecule has 0 aromatic heterocycles. The summed E-state index contributed by atoms with van der Waals surface area (Å²) in [5.41, 5.74) is 13.0. The van der Waals surface area contributed by atoms with Gasteiger partial charge in [-0.25, -0.2) is 9.59 Å². The summed E-state index contributed by atoms with van der Waals surface area (Å²) in [6, 6.07) is 25.7. The van der Waals surface area contributed by atoms with Crippen LogP contribution in [0, 0.1) is 0 Å². The molecule has 5 aromatic carbocycles. The Bertz CT molecular complexity index is 2740. The van der Waals surface area contributed by atoms with Crippen molar-refractivity contribution >= 4 is 47.0 Å². The second kappa shape index (κ2) is 23.7. The molecule has 0 fully saturated rings. The highest BCUT2D eigenvalue weighted by molar-refractivity contribution is 6.01. The van der Waals surface area contributed by atoms with Crippen molar-refractivity contribution in [3.05, 3.63) is 155 Å². The minimum absolute atomic E-state index is 0.0421. The van der Waals surface area contributed by atoms with E-state index in [1.807, 2.05) is 0 Å². The Morgan fingerprint density at radius 3 is 1.27 bits per heavy atom. The van der Waals surface area contributed by atoms with E-state index in [0.717, 1.165) is 12.2 Å². The fraction of sp³-hybridized carbons (Fsp3) is 0.255. The summed E-state index contributed by atoms with van der Waals surface area (Å²) in [5.74, 6) is -17.7. The van der Waals surface area contributed by atoms with Crippen LogP contribution in [0.25, 0.3) is 12.2 Å². The molecule has 0 aliphatic carbocycles. The van der Waals surface area contributed by atoms with Crippen molar-refractivity contribution < 1.29 is 92.2 Å². The Hall–Kier alpha value is -7.72. The number of anilines is 2. The molecule has 5 aromatic rings. The van der Waals surface area contributed by atoms with Crippen LogP contribution in [0.1, 0.15) is 75.4 Å². The molecule has 0 amide bonds. The van der Waals surface area contributed by atoms with Crippen LogP contribution in [0.5, 0.6) is 23.0 Å². The third-order valence-corrected chi connectivity index (χ3v) is 10.5. The number of ether oxygens (including phenoxy) is 4. The lowest BCUT2D eigenvalue weighted by Gasteiger charge is -2.29. The van der Waals surface area contributed by atoms with E-state index in [2.05, 4.69) is 0 Å². The van der Waals surface area contributed by atoms with E-state index in [1.165, 1.54) is 127 Å². The monoisotopic (exact) mass is 1030 g/mol. The number of carbonyl (C=O) groups excluding carboxylic acids is 4. The van der Waals surface area contributed by atoms with E-state index in [0.29, 0.717) is 11.1 Å². The molecule has 0 radical (unpaired) electrons. The number of nitrogen functional groups attached to an aromatic ring is 2. The van der Waals surface area contributed by atoms with Crippen molar-refractivity contribution in [1.82, 2.24) is 0 Å². The summed E-state index contributed by atoms with van der Waals surface area (Å²) in [5, 5.41) is 22.7. The van der Waals surface area contributed by atoms with Crippen LogP contribution in [-0.4, -0.2) is 76.9 Å². The summed E-state index contributed by atoms with van der Waals surface area (Å²) in [6.45, 7) is -0.848. The number of rotatable bonds is 23. The molecule has 388 valence electrons. The normalized spacial score (nSPS) is 12.9. The summed E-state index contributed by atoms with van der Waals surface area (Å²) in [7, 11) is 0. The first kappa shape index (κ1) is 56.2. The Balaban J connectivity index is 1.15. The highest BCUT2D eigenvalue weighted by Crippen LogP contribution is 2.40. The molecule has 73 heavy (non-hydrogen) atoms. The van der Waals surface area contributed by atoms with Gasteiger partial charge in [0, 0.05) is 30.6 Å². The maximum atomic E-state index is 13.4. The topological polar surface area (TPSA) is 198 Å². The van der Waals surface area contributed by atoms with Crippen LogP contribution in [0.15, 0.2) is 127 Å². The molecule has 0 bridgehead atoms. The molecule has 0 spiro atoms.